The number of hydrogen-bond donors (Lipinski definition) is 1. The van der Waals surface area contributed by atoms with E-state index in [9.17, 15) is 9.59 Å². The van der Waals surface area contributed by atoms with Gasteiger partial charge in [0.05, 0.1) is 17.3 Å². The Kier molecular flexibility index (Phi) is 4.97. The molecule has 0 fully saturated rings. The first-order chi connectivity index (χ1) is 8.08. The molecule has 4 nitrogen and oxygen atoms in total. The van der Waals surface area contributed by atoms with E-state index in [1.165, 1.54) is 0 Å². The van der Waals surface area contributed by atoms with Crippen LogP contribution in [0, 0.1) is 0 Å². The number of halogens is 1. The fourth-order valence-corrected chi connectivity index (χ4v) is 1.79. The second kappa shape index (κ2) is 6.25. The second-order valence-electron chi connectivity index (χ2n) is 3.64. The summed E-state index contributed by atoms with van der Waals surface area (Å²) < 4.78 is 0. The van der Waals surface area contributed by atoms with Crippen LogP contribution in [0.4, 0.5) is 5.69 Å². The third-order valence-electron chi connectivity index (χ3n) is 2.27. The molecule has 0 aliphatic heterocycles. The van der Waals surface area contributed by atoms with Crippen molar-refractivity contribution in [1.29, 1.82) is 0 Å². The number of nitrogens with zero attached hydrogens (tertiary/aromatic N) is 1. The van der Waals surface area contributed by atoms with Crippen molar-refractivity contribution in [2.45, 2.75) is 6.92 Å². The normalized spacial score (nSPS) is 9.82. The van der Waals surface area contributed by atoms with E-state index in [2.05, 4.69) is 5.32 Å². The molecule has 5 heteroatoms. The molecule has 0 bridgehead atoms. The smallest absolute Gasteiger partial charge is 0.239 e. The van der Waals surface area contributed by atoms with Crippen molar-refractivity contribution in [2.75, 3.05) is 25.0 Å². The summed E-state index contributed by atoms with van der Waals surface area (Å²) in [7, 11) is 1.77. The van der Waals surface area contributed by atoms with Gasteiger partial charge in [0.2, 0.25) is 5.91 Å². The van der Waals surface area contributed by atoms with E-state index < -0.39 is 0 Å². The molecule has 1 aromatic carbocycles. The van der Waals surface area contributed by atoms with Crippen LogP contribution >= 0.6 is 11.6 Å². The number of hydrogen-bond acceptors (Lipinski definition) is 3. The molecular weight excluding hydrogens is 240 g/mol. The molecular formula is C12H15ClN2O2. The van der Waals surface area contributed by atoms with Gasteiger partial charge in [0.25, 0.3) is 0 Å². The molecule has 0 aromatic heterocycles. The minimum absolute atomic E-state index is 0.0643. The molecule has 1 rings (SSSR count). The maximum absolute atomic E-state index is 11.4. The summed E-state index contributed by atoms with van der Waals surface area (Å²) in [6.45, 7) is 2.70. The fraction of sp³-hybridized carbons (Fsp3) is 0.333. The van der Waals surface area contributed by atoms with Gasteiger partial charge in [-0.15, -0.1) is 0 Å². The molecule has 17 heavy (non-hydrogen) atoms. The molecule has 0 saturated heterocycles. The van der Waals surface area contributed by atoms with E-state index in [1.807, 2.05) is 6.92 Å². The predicted octanol–water partition coefficient (Wildman–Crippen LogP) is 1.72. The SMILES string of the molecule is CCNC(=O)CN(C)c1ccc(C=O)cc1Cl. The van der Waals surface area contributed by atoms with Crippen LogP contribution in [0.3, 0.4) is 0 Å². The van der Waals surface area contributed by atoms with E-state index in [1.54, 1.807) is 30.1 Å². The lowest BCUT2D eigenvalue weighted by molar-refractivity contribution is -0.119. The van der Waals surface area contributed by atoms with Gasteiger partial charge in [-0.3, -0.25) is 9.59 Å². The van der Waals surface area contributed by atoms with Gasteiger partial charge in [-0.25, -0.2) is 0 Å². The minimum Gasteiger partial charge on any atom is -0.364 e. The number of anilines is 1. The zero-order valence-electron chi connectivity index (χ0n) is 9.87. The first-order valence-electron chi connectivity index (χ1n) is 5.31. The number of carbonyl (C=O) groups excluding carboxylic acids is 2. The van der Waals surface area contributed by atoms with Crippen LogP contribution in [0.25, 0.3) is 0 Å². The van der Waals surface area contributed by atoms with Crippen molar-refractivity contribution in [1.82, 2.24) is 5.32 Å². The first-order valence-corrected chi connectivity index (χ1v) is 5.68. The van der Waals surface area contributed by atoms with Crippen LogP contribution in [0.2, 0.25) is 5.02 Å². The quantitative estimate of drug-likeness (QED) is 0.814. The summed E-state index contributed by atoms with van der Waals surface area (Å²) in [5, 5.41) is 3.17. The van der Waals surface area contributed by atoms with Gasteiger partial charge in [-0.1, -0.05) is 11.6 Å². The van der Waals surface area contributed by atoms with Crippen molar-refractivity contribution < 1.29 is 9.59 Å². The Labute approximate surface area is 106 Å². The number of amides is 1. The van der Waals surface area contributed by atoms with Crippen LogP contribution in [-0.2, 0) is 4.79 Å². The summed E-state index contributed by atoms with van der Waals surface area (Å²) >= 11 is 6.03. The standard InChI is InChI=1S/C12H15ClN2O2/c1-3-14-12(17)7-15(2)11-5-4-9(8-16)6-10(11)13/h4-6,8H,3,7H2,1-2H3,(H,14,17). The van der Waals surface area contributed by atoms with Crippen molar-refractivity contribution in [3.05, 3.63) is 28.8 Å². The predicted molar refractivity (Wildman–Crippen MR) is 68.8 cm³/mol. The zero-order valence-corrected chi connectivity index (χ0v) is 10.6. The molecule has 92 valence electrons. The van der Waals surface area contributed by atoms with Gasteiger partial charge >= 0.3 is 0 Å². The van der Waals surface area contributed by atoms with Crippen LogP contribution in [0.1, 0.15) is 17.3 Å². The molecule has 0 aliphatic rings. The zero-order chi connectivity index (χ0) is 12.8. The van der Waals surface area contributed by atoms with Crippen molar-refractivity contribution in [3.63, 3.8) is 0 Å². The molecule has 0 spiro atoms. The minimum atomic E-state index is -0.0643. The van der Waals surface area contributed by atoms with Crippen molar-refractivity contribution in [2.24, 2.45) is 0 Å². The number of likely N-dealkylation sites (N-methyl/N-ethyl adjacent to an activating group) is 2. The van der Waals surface area contributed by atoms with Crippen molar-refractivity contribution in [3.8, 4) is 0 Å². The highest BCUT2D eigenvalue weighted by atomic mass is 35.5. The molecule has 0 radical (unpaired) electrons. The van der Waals surface area contributed by atoms with Gasteiger partial charge in [0, 0.05) is 19.2 Å². The Bertz CT molecular complexity index is 421. The lowest BCUT2D eigenvalue weighted by Crippen LogP contribution is -2.35. The number of nitrogens with one attached hydrogen (secondary N) is 1. The summed E-state index contributed by atoms with van der Waals surface area (Å²) in [6, 6.07) is 4.98. The van der Waals surface area contributed by atoms with Gasteiger partial charge in [0.15, 0.2) is 0 Å². The molecule has 0 heterocycles. The maximum Gasteiger partial charge on any atom is 0.239 e. The third kappa shape index (κ3) is 3.75. The molecule has 1 aromatic rings. The number of rotatable bonds is 5. The Hall–Kier alpha value is -1.55. The van der Waals surface area contributed by atoms with E-state index in [0.29, 0.717) is 17.1 Å². The molecule has 0 saturated carbocycles. The highest BCUT2D eigenvalue weighted by molar-refractivity contribution is 6.33. The number of carbonyl (C=O) groups is 2. The van der Waals surface area contributed by atoms with Gasteiger partial charge in [0.1, 0.15) is 6.29 Å². The van der Waals surface area contributed by atoms with E-state index in [0.717, 1.165) is 12.0 Å². The Morgan fingerprint density at radius 2 is 2.24 bits per heavy atom. The largest absolute Gasteiger partial charge is 0.364 e. The third-order valence-corrected chi connectivity index (χ3v) is 2.58. The topological polar surface area (TPSA) is 49.4 Å². The highest BCUT2D eigenvalue weighted by Gasteiger charge is 2.10. The van der Waals surface area contributed by atoms with Gasteiger partial charge < -0.3 is 10.2 Å². The molecule has 0 unspecified atom stereocenters. The maximum atomic E-state index is 11.4. The van der Waals surface area contributed by atoms with Crippen LogP contribution < -0.4 is 10.2 Å². The van der Waals surface area contributed by atoms with E-state index in [4.69, 9.17) is 11.6 Å². The number of aldehydes is 1. The summed E-state index contributed by atoms with van der Waals surface area (Å²) in [6.07, 6.45) is 0.736. The molecule has 1 amide bonds. The van der Waals surface area contributed by atoms with Gasteiger partial charge in [-0.2, -0.15) is 0 Å². The first kappa shape index (κ1) is 13.5. The highest BCUT2D eigenvalue weighted by Crippen LogP contribution is 2.25. The lowest BCUT2D eigenvalue weighted by Gasteiger charge is -2.20. The summed E-state index contributed by atoms with van der Waals surface area (Å²) in [5.74, 6) is -0.0643. The molecule has 0 aliphatic carbocycles. The summed E-state index contributed by atoms with van der Waals surface area (Å²) in [5.41, 5.74) is 1.24. The summed E-state index contributed by atoms with van der Waals surface area (Å²) in [4.78, 5) is 23.7. The number of benzene rings is 1. The Morgan fingerprint density at radius 3 is 2.76 bits per heavy atom. The van der Waals surface area contributed by atoms with Crippen LogP contribution in [-0.4, -0.2) is 32.3 Å². The fourth-order valence-electron chi connectivity index (χ4n) is 1.46. The Morgan fingerprint density at radius 1 is 1.53 bits per heavy atom. The average molecular weight is 255 g/mol. The molecule has 1 N–H and O–H groups in total. The van der Waals surface area contributed by atoms with E-state index in [-0.39, 0.29) is 12.5 Å². The van der Waals surface area contributed by atoms with Gasteiger partial charge in [-0.05, 0) is 25.1 Å². The van der Waals surface area contributed by atoms with Crippen LogP contribution in [0.5, 0.6) is 0 Å². The molecule has 0 atom stereocenters. The van der Waals surface area contributed by atoms with Crippen molar-refractivity contribution >= 4 is 29.5 Å². The monoisotopic (exact) mass is 254 g/mol. The second-order valence-corrected chi connectivity index (χ2v) is 4.05. The Balaban J connectivity index is 2.78. The van der Waals surface area contributed by atoms with E-state index >= 15 is 0 Å². The van der Waals surface area contributed by atoms with Crippen LogP contribution in [0.15, 0.2) is 18.2 Å². The lowest BCUT2D eigenvalue weighted by atomic mass is 10.2. The average Bonchev–Trinajstić information content (AvgIpc) is 2.28.